The maximum Gasteiger partial charge on any atom is 0.471 e. The number of hydrogen-bond donors (Lipinski definition) is 3. The lowest BCUT2D eigenvalue weighted by Gasteiger charge is -2.27. The SMILES string of the molecule is CCOC(=O)[C@@]1(N)C[C@H]1/C=C\CCCCC[C@H](NC(=O)C(F)(F)F)C(=O)N1CCCC1C(=O)O. The maximum absolute atomic E-state index is 12.8. The van der Waals surface area contributed by atoms with E-state index < -0.39 is 47.6 Å². The largest absolute Gasteiger partial charge is 0.480 e. The number of carbonyl (C=O) groups is 4. The molecule has 2 fully saturated rings. The molecule has 0 aromatic carbocycles. The zero-order valence-corrected chi connectivity index (χ0v) is 19.1. The van der Waals surface area contributed by atoms with Crippen molar-refractivity contribution in [3.63, 3.8) is 0 Å². The smallest absolute Gasteiger partial charge is 0.471 e. The summed E-state index contributed by atoms with van der Waals surface area (Å²) < 4.78 is 43.1. The molecule has 4 N–H and O–H groups in total. The van der Waals surface area contributed by atoms with Gasteiger partial charge in [-0.1, -0.05) is 25.0 Å². The second kappa shape index (κ2) is 11.7. The molecule has 9 nitrogen and oxygen atoms in total. The van der Waals surface area contributed by atoms with Gasteiger partial charge in [-0.3, -0.25) is 14.4 Å². The number of alkyl halides is 3. The molecule has 192 valence electrons. The molecule has 0 aromatic rings. The maximum atomic E-state index is 12.8. The highest BCUT2D eigenvalue weighted by molar-refractivity contribution is 5.92. The zero-order valence-electron chi connectivity index (χ0n) is 19.1. The molecule has 2 aliphatic rings. The van der Waals surface area contributed by atoms with Gasteiger partial charge in [-0.2, -0.15) is 13.2 Å². The first-order chi connectivity index (χ1) is 15.9. The monoisotopic (exact) mass is 491 g/mol. The number of nitrogens with zero attached hydrogens (tertiary/aromatic N) is 1. The topological polar surface area (TPSA) is 139 Å². The number of carbonyl (C=O) groups excluding carboxylic acids is 3. The van der Waals surface area contributed by atoms with Crippen LogP contribution < -0.4 is 11.1 Å². The van der Waals surface area contributed by atoms with Crippen LogP contribution in [0.2, 0.25) is 0 Å². The predicted octanol–water partition coefficient (Wildman–Crippen LogP) is 1.90. The van der Waals surface area contributed by atoms with Crippen molar-refractivity contribution >= 4 is 23.8 Å². The minimum Gasteiger partial charge on any atom is -0.480 e. The molecule has 1 saturated heterocycles. The molecular weight excluding hydrogens is 459 g/mol. The molecule has 1 saturated carbocycles. The number of likely N-dealkylation sites (tertiary alicyclic amines) is 1. The Morgan fingerprint density at radius 1 is 1.26 bits per heavy atom. The Bertz CT molecular complexity index is 803. The van der Waals surface area contributed by atoms with Gasteiger partial charge < -0.3 is 25.8 Å². The summed E-state index contributed by atoms with van der Waals surface area (Å²) in [6, 6.07) is -2.55. The lowest BCUT2D eigenvalue weighted by Crippen LogP contribution is -2.53. The zero-order chi connectivity index (χ0) is 25.5. The number of carboxylic acids is 1. The highest BCUT2D eigenvalue weighted by atomic mass is 19.4. The van der Waals surface area contributed by atoms with Gasteiger partial charge in [0.2, 0.25) is 5.91 Å². The lowest BCUT2D eigenvalue weighted by molar-refractivity contribution is -0.175. The Labute approximate surface area is 195 Å². The Morgan fingerprint density at radius 2 is 1.97 bits per heavy atom. The third kappa shape index (κ3) is 7.18. The van der Waals surface area contributed by atoms with E-state index in [1.165, 1.54) is 0 Å². The molecule has 34 heavy (non-hydrogen) atoms. The number of nitrogens with one attached hydrogen (secondary N) is 1. The number of hydrogen-bond acceptors (Lipinski definition) is 6. The summed E-state index contributed by atoms with van der Waals surface area (Å²) in [6.45, 7) is 2.08. The van der Waals surface area contributed by atoms with Gasteiger partial charge in [0.15, 0.2) is 0 Å². The molecule has 1 aliphatic carbocycles. The van der Waals surface area contributed by atoms with Crippen molar-refractivity contribution in [2.75, 3.05) is 13.2 Å². The normalized spacial score (nSPS) is 25.3. The Balaban J connectivity index is 1.82. The molecule has 0 radical (unpaired) electrons. The number of ether oxygens (including phenoxy) is 1. The first kappa shape index (κ1) is 27.6. The minimum atomic E-state index is -5.15. The number of halogens is 3. The van der Waals surface area contributed by atoms with Crippen LogP contribution in [-0.2, 0) is 23.9 Å². The van der Waals surface area contributed by atoms with Crippen LogP contribution in [0, 0.1) is 5.92 Å². The Morgan fingerprint density at radius 3 is 2.59 bits per heavy atom. The summed E-state index contributed by atoms with van der Waals surface area (Å²) >= 11 is 0. The van der Waals surface area contributed by atoms with E-state index >= 15 is 0 Å². The lowest BCUT2D eigenvalue weighted by atomic mass is 10.0. The number of aliphatic carboxylic acids is 1. The van der Waals surface area contributed by atoms with Crippen molar-refractivity contribution in [2.24, 2.45) is 11.7 Å². The molecule has 4 atom stereocenters. The summed E-state index contributed by atoms with van der Waals surface area (Å²) in [5.41, 5.74) is 5.01. The van der Waals surface area contributed by atoms with Gasteiger partial charge >= 0.3 is 24.0 Å². The quantitative estimate of drug-likeness (QED) is 0.215. The number of unbranched alkanes of at least 4 members (excludes halogenated alkanes) is 3. The highest BCUT2D eigenvalue weighted by Crippen LogP contribution is 2.43. The Hall–Kier alpha value is -2.63. The van der Waals surface area contributed by atoms with Crippen LogP contribution in [0.3, 0.4) is 0 Å². The predicted molar refractivity (Wildman–Crippen MR) is 114 cm³/mol. The second-order valence-electron chi connectivity index (χ2n) is 8.69. The number of amides is 2. The van der Waals surface area contributed by atoms with E-state index in [9.17, 15) is 37.5 Å². The average molecular weight is 492 g/mol. The van der Waals surface area contributed by atoms with Gasteiger partial charge in [-0.25, -0.2) is 4.79 Å². The second-order valence-corrected chi connectivity index (χ2v) is 8.69. The van der Waals surface area contributed by atoms with Crippen molar-refractivity contribution in [3.8, 4) is 0 Å². The van der Waals surface area contributed by atoms with Gasteiger partial charge in [0, 0.05) is 12.5 Å². The van der Waals surface area contributed by atoms with Crippen LogP contribution in [0.4, 0.5) is 13.2 Å². The van der Waals surface area contributed by atoms with E-state index in [1.807, 2.05) is 12.2 Å². The van der Waals surface area contributed by atoms with Gasteiger partial charge in [0.25, 0.3) is 0 Å². The first-order valence-corrected chi connectivity index (χ1v) is 11.5. The van der Waals surface area contributed by atoms with Gasteiger partial charge in [0.05, 0.1) is 6.61 Å². The molecule has 2 amide bonds. The summed E-state index contributed by atoms with van der Waals surface area (Å²) in [7, 11) is 0. The fourth-order valence-corrected chi connectivity index (χ4v) is 4.08. The van der Waals surface area contributed by atoms with Crippen molar-refractivity contribution in [1.82, 2.24) is 10.2 Å². The third-order valence-electron chi connectivity index (χ3n) is 6.13. The molecule has 1 unspecified atom stereocenters. The molecule has 1 aliphatic heterocycles. The van der Waals surface area contributed by atoms with Crippen LogP contribution in [0.1, 0.15) is 58.3 Å². The van der Waals surface area contributed by atoms with Gasteiger partial charge in [-0.05, 0) is 45.4 Å². The van der Waals surface area contributed by atoms with Crippen LogP contribution >= 0.6 is 0 Å². The molecule has 1 heterocycles. The average Bonchev–Trinajstić information content (AvgIpc) is 3.19. The summed E-state index contributed by atoms with van der Waals surface area (Å²) in [4.78, 5) is 48.3. The van der Waals surface area contributed by atoms with Crippen molar-refractivity contribution < 1.29 is 42.2 Å². The van der Waals surface area contributed by atoms with E-state index in [1.54, 1.807) is 12.2 Å². The molecule has 0 aromatic heterocycles. The summed E-state index contributed by atoms with van der Waals surface area (Å²) in [5, 5.41) is 11.0. The fraction of sp³-hybridized carbons (Fsp3) is 0.727. The number of allylic oxidation sites excluding steroid dienone is 1. The number of esters is 1. The van der Waals surface area contributed by atoms with E-state index in [4.69, 9.17) is 10.5 Å². The van der Waals surface area contributed by atoms with E-state index in [0.29, 0.717) is 38.5 Å². The fourth-order valence-electron chi connectivity index (χ4n) is 4.08. The number of carboxylic acid groups (broad SMARTS) is 1. The van der Waals surface area contributed by atoms with Crippen molar-refractivity contribution in [1.29, 1.82) is 0 Å². The highest BCUT2D eigenvalue weighted by Gasteiger charge is 2.56. The van der Waals surface area contributed by atoms with Gasteiger partial charge in [0.1, 0.15) is 17.6 Å². The third-order valence-corrected chi connectivity index (χ3v) is 6.13. The van der Waals surface area contributed by atoms with Crippen molar-refractivity contribution in [3.05, 3.63) is 12.2 Å². The van der Waals surface area contributed by atoms with E-state index in [-0.39, 0.29) is 31.9 Å². The van der Waals surface area contributed by atoms with Crippen LogP contribution in [-0.4, -0.2) is 70.7 Å². The van der Waals surface area contributed by atoms with E-state index in [0.717, 1.165) is 4.90 Å². The molecule has 12 heteroatoms. The van der Waals surface area contributed by atoms with Gasteiger partial charge in [-0.15, -0.1) is 0 Å². The summed E-state index contributed by atoms with van der Waals surface area (Å²) in [5.74, 6) is -4.78. The molecule has 0 bridgehead atoms. The first-order valence-electron chi connectivity index (χ1n) is 11.5. The molecule has 0 spiro atoms. The molecule has 2 rings (SSSR count). The Kier molecular flexibility index (Phi) is 9.48. The van der Waals surface area contributed by atoms with Crippen LogP contribution in [0.25, 0.3) is 0 Å². The van der Waals surface area contributed by atoms with Crippen LogP contribution in [0.5, 0.6) is 0 Å². The minimum absolute atomic E-state index is 0.0371. The standard InChI is InChI=1S/C22H32F3N3O6/c1-2-34-20(33)21(26)13-14(21)9-6-4-3-5-7-10-15(27-19(32)22(23,24)25)17(29)28-12-8-11-16(28)18(30)31/h6,9,14-16H,2-5,7-8,10-13,26H2,1H3,(H,27,32)(H,30,31)/b9-6-/t14-,15+,16?,21-/m1/s1. The molecular formula is C22H32F3N3O6. The van der Waals surface area contributed by atoms with Crippen molar-refractivity contribution in [2.45, 2.75) is 82.1 Å². The van der Waals surface area contributed by atoms with Crippen LogP contribution in [0.15, 0.2) is 12.2 Å². The van der Waals surface area contributed by atoms with E-state index in [2.05, 4.69) is 0 Å². The number of rotatable bonds is 12. The number of nitrogens with two attached hydrogens (primary N) is 1. The summed E-state index contributed by atoms with van der Waals surface area (Å²) in [6.07, 6.45) is 1.97.